The lowest BCUT2D eigenvalue weighted by Gasteiger charge is -2.20. The summed E-state index contributed by atoms with van der Waals surface area (Å²) in [5, 5.41) is 17.7. The number of halogens is 1. The number of hydrazone groups is 1. The summed E-state index contributed by atoms with van der Waals surface area (Å²) >= 11 is 7.45. The Labute approximate surface area is 241 Å². The number of carbonyl (C=O) groups is 1. The average Bonchev–Trinajstić information content (AvgIpc) is 3.48. The fraction of sp³-hybridized carbons (Fsp3) is 0.161. The Bertz CT molecular complexity index is 1790. The Kier molecular flexibility index (Phi) is 6.82. The van der Waals surface area contributed by atoms with E-state index in [9.17, 15) is 4.79 Å². The average molecular weight is 568 g/mol. The standard InChI is InChI=1S/C31H26ClN5O2S/c1-18-8-10-21(11-9-18)30-35-37-28(33)25(29(38)34-31(37)40-30)17-24-20(3)36(27-7-5-4-6-23(24)27)14-15-39-22-12-13-26(32)19(2)16-22/h4-13,16-17,33H,14-15H2,1-3H3/b25-17-,33-28?. The normalized spacial score (nSPS) is 16.0. The fourth-order valence-corrected chi connectivity index (χ4v) is 5.85. The molecule has 2 aliphatic heterocycles. The lowest BCUT2D eigenvalue weighted by Crippen LogP contribution is -2.35. The van der Waals surface area contributed by atoms with Crippen LogP contribution < -0.4 is 4.74 Å². The van der Waals surface area contributed by atoms with Gasteiger partial charge in [0.2, 0.25) is 5.17 Å². The van der Waals surface area contributed by atoms with E-state index in [0.717, 1.165) is 44.6 Å². The molecule has 0 saturated heterocycles. The molecule has 6 rings (SSSR count). The van der Waals surface area contributed by atoms with Crippen LogP contribution in [0.5, 0.6) is 5.75 Å². The van der Waals surface area contributed by atoms with E-state index in [-0.39, 0.29) is 11.4 Å². The van der Waals surface area contributed by atoms with Crippen molar-refractivity contribution in [2.75, 3.05) is 6.61 Å². The van der Waals surface area contributed by atoms with Crippen molar-refractivity contribution in [2.24, 2.45) is 10.1 Å². The summed E-state index contributed by atoms with van der Waals surface area (Å²) in [6, 6.07) is 21.7. The number of carbonyl (C=O) groups excluding carboxylic acids is 1. The second-order valence-corrected chi connectivity index (χ2v) is 11.1. The minimum Gasteiger partial charge on any atom is -0.492 e. The van der Waals surface area contributed by atoms with Gasteiger partial charge in [0.15, 0.2) is 5.84 Å². The van der Waals surface area contributed by atoms with Crippen LogP contribution in [0.4, 0.5) is 0 Å². The number of hydrogen-bond donors (Lipinski definition) is 1. The third kappa shape index (κ3) is 4.74. The number of amides is 1. The number of amidine groups is 2. The van der Waals surface area contributed by atoms with Crippen molar-refractivity contribution >= 4 is 62.3 Å². The maximum atomic E-state index is 13.2. The van der Waals surface area contributed by atoms with E-state index < -0.39 is 5.91 Å². The predicted molar refractivity (Wildman–Crippen MR) is 164 cm³/mol. The summed E-state index contributed by atoms with van der Waals surface area (Å²) in [6.07, 6.45) is 1.77. The van der Waals surface area contributed by atoms with Crippen LogP contribution in [0.15, 0.2) is 82.4 Å². The van der Waals surface area contributed by atoms with Crippen LogP contribution in [-0.4, -0.2) is 38.1 Å². The van der Waals surface area contributed by atoms with Gasteiger partial charge in [0.25, 0.3) is 5.91 Å². The highest BCUT2D eigenvalue weighted by Crippen LogP contribution is 2.33. The number of aromatic nitrogens is 1. The van der Waals surface area contributed by atoms with Crippen LogP contribution in [0.3, 0.4) is 0 Å². The van der Waals surface area contributed by atoms with Crippen molar-refractivity contribution in [1.29, 1.82) is 5.41 Å². The Balaban J connectivity index is 1.30. The van der Waals surface area contributed by atoms with Gasteiger partial charge in [-0.25, -0.2) is 0 Å². The van der Waals surface area contributed by atoms with E-state index in [1.165, 1.54) is 16.8 Å². The molecule has 3 heterocycles. The Hall–Kier alpha value is -4.14. The molecule has 7 nitrogen and oxygen atoms in total. The van der Waals surface area contributed by atoms with E-state index in [4.69, 9.17) is 21.7 Å². The number of fused-ring (bicyclic) bond motifs is 2. The largest absolute Gasteiger partial charge is 0.492 e. The summed E-state index contributed by atoms with van der Waals surface area (Å²) in [4.78, 5) is 17.4. The minimum atomic E-state index is -0.443. The monoisotopic (exact) mass is 567 g/mol. The third-order valence-corrected chi connectivity index (χ3v) is 8.42. The molecule has 200 valence electrons. The van der Waals surface area contributed by atoms with Crippen LogP contribution in [0.25, 0.3) is 17.0 Å². The molecular weight excluding hydrogens is 542 g/mol. The molecule has 1 N–H and O–H groups in total. The molecule has 4 aromatic rings. The molecule has 0 bridgehead atoms. The fourth-order valence-electron chi connectivity index (χ4n) is 4.84. The lowest BCUT2D eigenvalue weighted by molar-refractivity contribution is -0.114. The molecule has 2 aliphatic rings. The van der Waals surface area contributed by atoms with Gasteiger partial charge < -0.3 is 9.30 Å². The minimum absolute atomic E-state index is 0.0160. The third-order valence-electron chi connectivity index (χ3n) is 7.03. The molecule has 0 unspecified atom stereocenters. The zero-order valence-electron chi connectivity index (χ0n) is 22.2. The molecule has 1 amide bonds. The van der Waals surface area contributed by atoms with Gasteiger partial charge in [0, 0.05) is 32.7 Å². The first kappa shape index (κ1) is 26.1. The van der Waals surface area contributed by atoms with E-state index in [1.807, 2.05) is 81.4 Å². The molecule has 0 aliphatic carbocycles. The molecule has 0 spiro atoms. The van der Waals surface area contributed by atoms with Crippen LogP contribution in [0.1, 0.15) is 27.9 Å². The Morgan fingerprint density at radius 3 is 2.60 bits per heavy atom. The Morgan fingerprint density at radius 2 is 1.82 bits per heavy atom. The van der Waals surface area contributed by atoms with Crippen molar-refractivity contribution < 1.29 is 9.53 Å². The molecule has 1 aromatic heterocycles. The SMILES string of the molecule is Cc1ccc(C2=NN3C(=N)/C(=C/c4c(C)n(CCOc5ccc(Cl)c(C)c5)c5ccccc45)C(=O)N=C3S2)cc1. The number of benzene rings is 3. The van der Waals surface area contributed by atoms with Gasteiger partial charge in [-0.1, -0.05) is 59.6 Å². The van der Waals surface area contributed by atoms with Crippen LogP contribution in [-0.2, 0) is 11.3 Å². The molecular formula is C31H26ClN5O2S. The van der Waals surface area contributed by atoms with Gasteiger partial charge in [-0.2, -0.15) is 15.1 Å². The van der Waals surface area contributed by atoms with Crippen LogP contribution in [0, 0.1) is 26.2 Å². The molecule has 0 fully saturated rings. The van der Waals surface area contributed by atoms with Gasteiger partial charge in [-0.3, -0.25) is 10.2 Å². The van der Waals surface area contributed by atoms with Gasteiger partial charge >= 0.3 is 0 Å². The summed E-state index contributed by atoms with van der Waals surface area (Å²) in [5.74, 6) is 0.339. The maximum Gasteiger partial charge on any atom is 0.283 e. The molecule has 40 heavy (non-hydrogen) atoms. The van der Waals surface area contributed by atoms with Crippen molar-refractivity contribution in [1.82, 2.24) is 9.58 Å². The van der Waals surface area contributed by atoms with Crippen molar-refractivity contribution in [3.63, 3.8) is 0 Å². The first-order chi connectivity index (χ1) is 19.3. The number of para-hydroxylation sites is 1. The van der Waals surface area contributed by atoms with E-state index in [0.29, 0.717) is 28.4 Å². The highest BCUT2D eigenvalue weighted by Gasteiger charge is 2.36. The number of aryl methyl sites for hydroxylation is 2. The summed E-state index contributed by atoms with van der Waals surface area (Å²) in [5.41, 5.74) is 6.12. The van der Waals surface area contributed by atoms with Gasteiger partial charge in [-0.05, 0) is 68.4 Å². The van der Waals surface area contributed by atoms with Crippen molar-refractivity contribution in [3.05, 3.63) is 105 Å². The second-order valence-electron chi connectivity index (χ2n) is 9.72. The van der Waals surface area contributed by atoms with Crippen molar-refractivity contribution in [2.45, 2.75) is 27.3 Å². The highest BCUT2D eigenvalue weighted by atomic mass is 35.5. The smallest absolute Gasteiger partial charge is 0.283 e. The zero-order valence-corrected chi connectivity index (χ0v) is 23.8. The molecule has 3 aromatic carbocycles. The van der Waals surface area contributed by atoms with Gasteiger partial charge in [0.1, 0.15) is 17.4 Å². The number of nitrogens with one attached hydrogen (secondary N) is 1. The molecule has 0 atom stereocenters. The van der Waals surface area contributed by atoms with Crippen LogP contribution >= 0.6 is 23.4 Å². The molecule has 9 heteroatoms. The predicted octanol–water partition coefficient (Wildman–Crippen LogP) is 6.97. The van der Waals surface area contributed by atoms with Crippen LogP contribution in [0.2, 0.25) is 5.02 Å². The molecule has 0 radical (unpaired) electrons. The number of aliphatic imine (C=N–C) groups is 1. The van der Waals surface area contributed by atoms with Gasteiger partial charge in [0.05, 0.1) is 12.1 Å². The van der Waals surface area contributed by atoms with E-state index in [2.05, 4.69) is 20.7 Å². The first-order valence-corrected chi connectivity index (χ1v) is 14.0. The quantitative estimate of drug-likeness (QED) is 0.255. The number of ether oxygens (including phenoxy) is 1. The number of nitrogens with zero attached hydrogens (tertiary/aromatic N) is 4. The first-order valence-electron chi connectivity index (χ1n) is 12.8. The van der Waals surface area contributed by atoms with E-state index in [1.54, 1.807) is 6.08 Å². The second kappa shape index (κ2) is 10.4. The molecule has 0 saturated carbocycles. The highest BCUT2D eigenvalue weighted by molar-refractivity contribution is 8.27. The number of hydrogen-bond acceptors (Lipinski definition) is 5. The summed E-state index contributed by atoms with van der Waals surface area (Å²) in [7, 11) is 0. The zero-order chi connectivity index (χ0) is 28.0. The Morgan fingerprint density at radius 1 is 1.05 bits per heavy atom. The number of rotatable bonds is 6. The maximum absolute atomic E-state index is 13.2. The summed E-state index contributed by atoms with van der Waals surface area (Å²) in [6.45, 7) is 7.06. The van der Waals surface area contributed by atoms with Gasteiger partial charge in [-0.15, -0.1) is 0 Å². The summed E-state index contributed by atoms with van der Waals surface area (Å²) < 4.78 is 8.19. The van der Waals surface area contributed by atoms with E-state index >= 15 is 0 Å². The van der Waals surface area contributed by atoms with Crippen molar-refractivity contribution in [3.8, 4) is 5.75 Å². The lowest BCUT2D eigenvalue weighted by atomic mass is 10.1. The topological polar surface area (TPSA) is 83.0 Å². The number of thioether (sulfide) groups is 1.